The van der Waals surface area contributed by atoms with E-state index in [9.17, 15) is 26.3 Å². The summed E-state index contributed by atoms with van der Waals surface area (Å²) in [6.07, 6.45) is -0.400. The summed E-state index contributed by atoms with van der Waals surface area (Å²) in [5, 5.41) is 18.7. The summed E-state index contributed by atoms with van der Waals surface area (Å²) in [6.45, 7) is 7.93. The Hall–Kier alpha value is -3.40. The van der Waals surface area contributed by atoms with Crippen LogP contribution in [0.15, 0.2) is 36.9 Å². The zero-order valence-corrected chi connectivity index (χ0v) is 20.9. The summed E-state index contributed by atoms with van der Waals surface area (Å²) in [5.41, 5.74) is 1.22. The molecule has 2 aromatic heterocycles. The van der Waals surface area contributed by atoms with Crippen molar-refractivity contribution in [3.05, 3.63) is 42.5 Å². The largest absolute Gasteiger partial charge is 0.490 e. The molecule has 218 valence electrons. The maximum absolute atomic E-state index is 10.6. The highest BCUT2D eigenvalue weighted by Gasteiger charge is 2.48. The van der Waals surface area contributed by atoms with Gasteiger partial charge in [0, 0.05) is 56.5 Å². The predicted octanol–water partition coefficient (Wildman–Crippen LogP) is 3.94. The SMILES string of the molecule is CC(C)n1cc(CN2CC3(CC(Oc4cccnc4)CCO3)C2)cn1.O=C(O)C(F)(F)F.O=C(O)C(F)(F)F. The molecule has 2 aliphatic rings. The van der Waals surface area contributed by atoms with Crippen LogP contribution >= 0.6 is 0 Å². The molecule has 2 saturated heterocycles. The molecule has 4 heterocycles. The van der Waals surface area contributed by atoms with Gasteiger partial charge in [0.15, 0.2) is 0 Å². The van der Waals surface area contributed by atoms with E-state index in [0.717, 1.165) is 44.8 Å². The Morgan fingerprint density at radius 2 is 1.72 bits per heavy atom. The molecule has 2 N–H and O–H groups in total. The Morgan fingerprint density at radius 1 is 1.13 bits per heavy atom. The summed E-state index contributed by atoms with van der Waals surface area (Å²) in [4.78, 5) is 24.3. The second-order valence-corrected chi connectivity index (χ2v) is 9.13. The molecule has 10 nitrogen and oxygen atoms in total. The highest BCUT2D eigenvalue weighted by Crippen LogP contribution is 2.36. The van der Waals surface area contributed by atoms with Gasteiger partial charge in [-0.1, -0.05) is 0 Å². The number of alkyl halides is 6. The molecule has 2 aliphatic heterocycles. The second kappa shape index (κ2) is 13.1. The molecular weight excluding hydrogens is 542 g/mol. The van der Waals surface area contributed by atoms with Crippen molar-refractivity contribution in [2.75, 3.05) is 19.7 Å². The highest BCUT2D eigenvalue weighted by molar-refractivity contribution is 5.73. The first kappa shape index (κ1) is 31.8. The third-order valence-corrected chi connectivity index (χ3v) is 5.48. The average Bonchev–Trinajstić information content (AvgIpc) is 3.28. The first-order valence-corrected chi connectivity index (χ1v) is 11.6. The minimum Gasteiger partial charge on any atom is -0.489 e. The third kappa shape index (κ3) is 10.4. The number of hydrogen-bond acceptors (Lipinski definition) is 7. The van der Waals surface area contributed by atoms with Crippen LogP contribution in [0.1, 0.15) is 38.3 Å². The van der Waals surface area contributed by atoms with Gasteiger partial charge in [0.1, 0.15) is 11.9 Å². The number of ether oxygens (including phenoxy) is 2. The highest BCUT2D eigenvalue weighted by atomic mass is 19.4. The van der Waals surface area contributed by atoms with E-state index in [1.807, 2.05) is 23.0 Å². The van der Waals surface area contributed by atoms with Gasteiger partial charge in [-0.2, -0.15) is 31.4 Å². The number of aromatic nitrogens is 3. The Kier molecular flexibility index (Phi) is 10.7. The van der Waals surface area contributed by atoms with Crippen molar-refractivity contribution >= 4 is 11.9 Å². The molecule has 0 aromatic carbocycles. The number of nitrogens with zero attached hydrogens (tertiary/aromatic N) is 4. The van der Waals surface area contributed by atoms with Crippen molar-refractivity contribution in [1.29, 1.82) is 0 Å². The first-order valence-electron chi connectivity index (χ1n) is 11.6. The summed E-state index contributed by atoms with van der Waals surface area (Å²) in [5.74, 6) is -4.66. The molecule has 2 fully saturated rings. The zero-order valence-electron chi connectivity index (χ0n) is 20.9. The number of rotatable bonds is 5. The van der Waals surface area contributed by atoms with Crippen LogP contribution in [0.2, 0.25) is 0 Å². The summed E-state index contributed by atoms with van der Waals surface area (Å²) in [6, 6.07) is 4.28. The normalized spacial score (nSPS) is 18.7. The van der Waals surface area contributed by atoms with Crippen LogP contribution in [-0.2, 0) is 20.9 Å². The minimum absolute atomic E-state index is 0.0425. The van der Waals surface area contributed by atoms with E-state index in [-0.39, 0.29) is 11.7 Å². The molecule has 1 atom stereocenters. The summed E-state index contributed by atoms with van der Waals surface area (Å²) in [7, 11) is 0. The van der Waals surface area contributed by atoms with E-state index in [1.165, 1.54) is 5.56 Å². The van der Waals surface area contributed by atoms with Gasteiger partial charge >= 0.3 is 24.3 Å². The third-order valence-electron chi connectivity index (χ3n) is 5.48. The number of halogens is 6. The van der Waals surface area contributed by atoms with E-state index >= 15 is 0 Å². The van der Waals surface area contributed by atoms with Gasteiger partial charge in [0.25, 0.3) is 0 Å². The van der Waals surface area contributed by atoms with Crippen LogP contribution in [0.25, 0.3) is 0 Å². The van der Waals surface area contributed by atoms with Crippen molar-refractivity contribution < 1.29 is 55.6 Å². The fraction of sp³-hybridized carbons (Fsp3) is 0.565. The Balaban J connectivity index is 0.000000317. The lowest BCUT2D eigenvalue weighted by atomic mass is 9.84. The molecule has 1 unspecified atom stereocenters. The number of carbonyl (C=O) groups is 2. The Morgan fingerprint density at radius 3 is 2.18 bits per heavy atom. The van der Waals surface area contributed by atoms with Gasteiger partial charge in [-0.3, -0.25) is 14.6 Å². The lowest BCUT2D eigenvalue weighted by molar-refractivity contribution is -0.193. The minimum atomic E-state index is -5.08. The topological polar surface area (TPSA) is 127 Å². The monoisotopic (exact) mass is 570 g/mol. The molecule has 16 heteroatoms. The fourth-order valence-corrected chi connectivity index (χ4v) is 3.79. The number of hydrogen-bond donors (Lipinski definition) is 2. The van der Waals surface area contributed by atoms with Gasteiger partial charge in [-0.15, -0.1) is 0 Å². The molecule has 0 amide bonds. The summed E-state index contributed by atoms with van der Waals surface area (Å²) < 4.78 is 77.7. The average molecular weight is 570 g/mol. The molecule has 0 aliphatic carbocycles. The quantitative estimate of drug-likeness (QED) is 0.514. The number of likely N-dealkylation sites (tertiary alicyclic amines) is 1. The first-order chi connectivity index (χ1) is 18.0. The molecule has 0 radical (unpaired) electrons. The van der Waals surface area contributed by atoms with Gasteiger partial charge < -0.3 is 19.7 Å². The van der Waals surface area contributed by atoms with E-state index in [4.69, 9.17) is 29.3 Å². The van der Waals surface area contributed by atoms with E-state index < -0.39 is 24.3 Å². The lowest BCUT2D eigenvalue weighted by Crippen LogP contribution is -2.65. The summed E-state index contributed by atoms with van der Waals surface area (Å²) >= 11 is 0. The van der Waals surface area contributed by atoms with E-state index in [2.05, 4.69) is 35.0 Å². The second-order valence-electron chi connectivity index (χ2n) is 9.13. The van der Waals surface area contributed by atoms with Crippen molar-refractivity contribution in [3.63, 3.8) is 0 Å². The number of pyridine rings is 1. The lowest BCUT2D eigenvalue weighted by Gasteiger charge is -2.53. The van der Waals surface area contributed by atoms with Crippen LogP contribution in [0, 0.1) is 0 Å². The van der Waals surface area contributed by atoms with E-state index in [1.54, 1.807) is 12.4 Å². The van der Waals surface area contributed by atoms with E-state index in [0.29, 0.717) is 6.04 Å². The maximum atomic E-state index is 10.6. The zero-order chi connectivity index (χ0) is 29.4. The van der Waals surface area contributed by atoms with Crippen molar-refractivity contribution in [2.24, 2.45) is 0 Å². The van der Waals surface area contributed by atoms with Crippen LogP contribution in [0.3, 0.4) is 0 Å². The molecule has 1 spiro atoms. The number of carboxylic acid groups (broad SMARTS) is 2. The van der Waals surface area contributed by atoms with Crippen LogP contribution in [0.4, 0.5) is 26.3 Å². The standard InChI is InChI=1S/C19H26N4O2.2C2HF3O2/c1-15(2)23-12-16(9-21-23)11-22-13-19(14-22)8-17(5-7-24-19)25-18-4-3-6-20-10-18;2*3-2(4,5)1(6)7/h3-4,6,9-10,12,15,17H,5,7-8,11,13-14H2,1-2H3;2*(H,6,7). The number of carboxylic acids is 2. The molecule has 0 bridgehead atoms. The molecular formula is C23H28F6N4O6. The number of aliphatic carboxylic acids is 2. The van der Waals surface area contributed by atoms with Gasteiger partial charge in [0.05, 0.1) is 24.6 Å². The van der Waals surface area contributed by atoms with Crippen LogP contribution in [0.5, 0.6) is 5.75 Å². The van der Waals surface area contributed by atoms with Crippen molar-refractivity contribution in [3.8, 4) is 5.75 Å². The van der Waals surface area contributed by atoms with Gasteiger partial charge in [-0.25, -0.2) is 9.59 Å². The molecule has 39 heavy (non-hydrogen) atoms. The molecule has 4 rings (SSSR count). The maximum Gasteiger partial charge on any atom is 0.490 e. The Labute approximate surface area is 219 Å². The molecule has 0 saturated carbocycles. The van der Waals surface area contributed by atoms with Crippen molar-refractivity contribution in [1.82, 2.24) is 19.7 Å². The van der Waals surface area contributed by atoms with Crippen LogP contribution in [-0.4, -0.2) is 85.6 Å². The smallest absolute Gasteiger partial charge is 0.489 e. The van der Waals surface area contributed by atoms with Crippen molar-refractivity contribution in [2.45, 2.75) is 63.3 Å². The van der Waals surface area contributed by atoms with Crippen LogP contribution < -0.4 is 4.74 Å². The Bertz CT molecular complexity index is 1050. The fourth-order valence-electron chi connectivity index (χ4n) is 3.79. The van der Waals surface area contributed by atoms with Gasteiger partial charge in [-0.05, 0) is 26.0 Å². The van der Waals surface area contributed by atoms with Gasteiger partial charge in [0.2, 0.25) is 0 Å². The predicted molar refractivity (Wildman–Crippen MR) is 122 cm³/mol. The molecule has 2 aromatic rings.